The van der Waals surface area contributed by atoms with Crippen molar-refractivity contribution in [3.8, 4) is 28.4 Å². The minimum Gasteiger partial charge on any atom is -0.544 e. The quantitative estimate of drug-likeness (QED) is 0.332. The molecular weight excluding hydrogens is 478 g/mol. The monoisotopic (exact) mass is 515 g/mol. The van der Waals surface area contributed by atoms with Crippen molar-refractivity contribution in [2.24, 2.45) is 0 Å². The average Bonchev–Trinajstić information content (AvgIpc) is 2.87. The van der Waals surface area contributed by atoms with E-state index in [4.69, 9.17) is 13.9 Å². The van der Waals surface area contributed by atoms with Gasteiger partial charge in [0.1, 0.15) is 17.2 Å². The van der Waals surface area contributed by atoms with Crippen LogP contribution in [0.25, 0.3) is 16.8 Å². The Morgan fingerprint density at radius 1 is 0.892 bits per heavy atom. The summed E-state index contributed by atoms with van der Waals surface area (Å²) in [5, 5.41) is 3.23. The van der Waals surface area contributed by atoms with Crippen molar-refractivity contribution >= 4 is 19.9 Å². The van der Waals surface area contributed by atoms with Gasteiger partial charge in [-0.1, -0.05) is 63.2 Å². The van der Waals surface area contributed by atoms with Crippen LogP contribution < -0.4 is 19.2 Å². The van der Waals surface area contributed by atoms with Crippen molar-refractivity contribution in [1.82, 2.24) is 5.32 Å². The molecule has 0 radical (unpaired) electrons. The maximum atomic E-state index is 13.6. The Labute approximate surface area is 221 Å². The summed E-state index contributed by atoms with van der Waals surface area (Å²) < 4.78 is 17.8. The van der Waals surface area contributed by atoms with Crippen LogP contribution in [0.4, 0.5) is 0 Å². The highest BCUT2D eigenvalue weighted by Gasteiger charge is 2.39. The number of rotatable bonds is 7. The fraction of sp³-hybridized carbons (Fsp3) is 0.323. The third-order valence-electron chi connectivity index (χ3n) is 7.41. The van der Waals surface area contributed by atoms with E-state index < -0.39 is 8.32 Å². The van der Waals surface area contributed by atoms with Crippen molar-refractivity contribution in [3.05, 3.63) is 83.4 Å². The summed E-state index contributed by atoms with van der Waals surface area (Å²) in [6, 6.07) is 19.8. The summed E-state index contributed by atoms with van der Waals surface area (Å²) in [6.07, 6.45) is 3.93. The first-order valence-corrected chi connectivity index (χ1v) is 15.6. The number of carbonyl (C=O) groups excluding carboxylic acids is 1. The summed E-state index contributed by atoms with van der Waals surface area (Å²) in [7, 11) is 1.24. The molecule has 0 saturated heterocycles. The number of nitrogens with one attached hydrogen (secondary N) is 1. The lowest BCUT2D eigenvalue weighted by atomic mass is 9.94. The van der Waals surface area contributed by atoms with E-state index >= 15 is 0 Å². The molecule has 1 aliphatic rings. The fourth-order valence-corrected chi connectivity index (χ4v) is 5.30. The molecule has 3 aromatic carbocycles. The number of ether oxygens (including phenoxy) is 2. The lowest BCUT2D eigenvalue weighted by molar-refractivity contribution is 0.0970. The highest BCUT2D eigenvalue weighted by Crippen LogP contribution is 2.40. The second kappa shape index (κ2) is 10.5. The number of amides is 1. The second-order valence-electron chi connectivity index (χ2n) is 10.9. The minimum absolute atomic E-state index is 0.109. The smallest absolute Gasteiger partial charge is 0.259 e. The van der Waals surface area contributed by atoms with Gasteiger partial charge in [0.2, 0.25) is 8.32 Å². The molecule has 0 unspecified atom stereocenters. The molecule has 0 atom stereocenters. The molecule has 0 spiro atoms. The molecule has 1 amide bonds. The van der Waals surface area contributed by atoms with Crippen molar-refractivity contribution in [1.29, 1.82) is 0 Å². The van der Waals surface area contributed by atoms with E-state index in [1.54, 1.807) is 20.3 Å². The first-order valence-electron chi connectivity index (χ1n) is 12.7. The fourth-order valence-electron chi connectivity index (χ4n) is 4.26. The van der Waals surface area contributed by atoms with Crippen LogP contribution in [0.3, 0.4) is 0 Å². The Morgan fingerprint density at radius 3 is 2.24 bits per heavy atom. The van der Waals surface area contributed by atoms with Gasteiger partial charge in [0, 0.05) is 16.8 Å². The van der Waals surface area contributed by atoms with E-state index in [0.29, 0.717) is 17.1 Å². The van der Waals surface area contributed by atoms with Crippen molar-refractivity contribution in [3.63, 3.8) is 0 Å². The molecule has 37 heavy (non-hydrogen) atoms. The third kappa shape index (κ3) is 5.59. The summed E-state index contributed by atoms with van der Waals surface area (Å²) in [5.74, 6) is 1.69. The first-order chi connectivity index (χ1) is 17.5. The Hall–Kier alpha value is -3.51. The summed E-state index contributed by atoms with van der Waals surface area (Å²) in [6.45, 7) is 11.1. The van der Waals surface area contributed by atoms with Gasteiger partial charge in [-0.3, -0.25) is 4.79 Å². The van der Waals surface area contributed by atoms with Crippen LogP contribution in [0.2, 0.25) is 18.1 Å². The number of aryl methyl sites for hydroxylation is 1. The van der Waals surface area contributed by atoms with Crippen molar-refractivity contribution in [2.75, 3.05) is 14.2 Å². The zero-order valence-corrected chi connectivity index (χ0v) is 23.9. The molecule has 1 N–H and O–H groups in total. The molecule has 0 bridgehead atoms. The Bertz CT molecular complexity index is 1320. The topological polar surface area (TPSA) is 56.8 Å². The van der Waals surface area contributed by atoms with E-state index in [1.165, 1.54) is 5.56 Å². The number of allylic oxidation sites excluding steroid dienone is 1. The molecule has 3 aromatic rings. The maximum Gasteiger partial charge on any atom is 0.259 e. The van der Waals surface area contributed by atoms with Crippen molar-refractivity contribution < 1.29 is 18.7 Å². The highest BCUT2D eigenvalue weighted by atomic mass is 28.4. The van der Waals surface area contributed by atoms with E-state index in [0.717, 1.165) is 41.0 Å². The van der Waals surface area contributed by atoms with Crippen LogP contribution in [0.1, 0.15) is 48.7 Å². The number of methoxy groups -OCH3 is 2. The zero-order chi connectivity index (χ0) is 26.8. The van der Waals surface area contributed by atoms with Gasteiger partial charge in [-0.15, -0.1) is 0 Å². The highest BCUT2D eigenvalue weighted by molar-refractivity contribution is 6.74. The minimum atomic E-state index is -1.95. The van der Waals surface area contributed by atoms with Gasteiger partial charge < -0.3 is 19.2 Å². The lowest BCUT2D eigenvalue weighted by Crippen LogP contribution is -2.43. The average molecular weight is 516 g/mol. The van der Waals surface area contributed by atoms with Gasteiger partial charge in [-0.05, 0) is 66.4 Å². The molecule has 6 heteroatoms. The molecule has 5 nitrogen and oxygen atoms in total. The Balaban J connectivity index is 1.67. The molecule has 0 saturated carbocycles. The second-order valence-corrected chi connectivity index (χ2v) is 15.6. The van der Waals surface area contributed by atoms with Gasteiger partial charge in [0.15, 0.2) is 0 Å². The Morgan fingerprint density at radius 2 is 1.59 bits per heavy atom. The van der Waals surface area contributed by atoms with Crippen molar-refractivity contribution in [2.45, 2.75) is 51.7 Å². The molecule has 194 valence electrons. The Kier molecular flexibility index (Phi) is 7.51. The van der Waals surface area contributed by atoms with Crippen LogP contribution >= 0.6 is 0 Å². The molecule has 0 aromatic heterocycles. The molecule has 0 fully saturated rings. The summed E-state index contributed by atoms with van der Waals surface area (Å²) in [4.78, 5) is 13.6. The SMILES string of the molecule is COc1cc(C(=O)NC2=CCCc3ccccc32)c(OC)c(-c2ccc(O[Si](C)(C)C(C)(C)C)cc2)c1. The number of hydrogen-bond acceptors (Lipinski definition) is 4. The van der Waals surface area contributed by atoms with Gasteiger partial charge in [-0.2, -0.15) is 0 Å². The summed E-state index contributed by atoms with van der Waals surface area (Å²) in [5.41, 5.74) is 5.23. The first kappa shape index (κ1) is 26.5. The largest absolute Gasteiger partial charge is 0.544 e. The number of benzene rings is 3. The number of fused-ring (bicyclic) bond motifs is 1. The number of carbonyl (C=O) groups is 1. The number of hydrogen-bond donors (Lipinski definition) is 1. The van der Waals surface area contributed by atoms with Crippen LogP contribution in [-0.4, -0.2) is 28.4 Å². The lowest BCUT2D eigenvalue weighted by Gasteiger charge is -2.36. The van der Waals surface area contributed by atoms with E-state index in [9.17, 15) is 4.79 Å². The normalized spacial score (nSPS) is 13.3. The molecule has 4 rings (SSSR count). The van der Waals surface area contributed by atoms with Gasteiger partial charge in [-0.25, -0.2) is 0 Å². The van der Waals surface area contributed by atoms with Crippen LogP contribution in [0, 0.1) is 0 Å². The zero-order valence-electron chi connectivity index (χ0n) is 22.9. The standard InChI is InChI=1S/C31H37NO4Si/c1-31(2,3)37(6,7)36-23-17-15-22(16-18-23)26-19-24(34-4)20-27(29(26)35-5)30(33)32-28-14-10-12-21-11-8-9-13-25(21)28/h8-9,11,13-20H,10,12H2,1-7H3,(H,32,33). The van der Waals surface area contributed by atoms with E-state index in [-0.39, 0.29) is 10.9 Å². The van der Waals surface area contributed by atoms with Gasteiger partial charge >= 0.3 is 0 Å². The maximum absolute atomic E-state index is 13.6. The van der Waals surface area contributed by atoms with E-state index in [1.807, 2.05) is 48.5 Å². The third-order valence-corrected chi connectivity index (χ3v) is 11.8. The van der Waals surface area contributed by atoms with Crippen LogP contribution in [0.5, 0.6) is 17.2 Å². The predicted octanol–water partition coefficient (Wildman–Crippen LogP) is 7.47. The summed E-state index contributed by atoms with van der Waals surface area (Å²) >= 11 is 0. The van der Waals surface area contributed by atoms with Gasteiger partial charge in [0.05, 0.1) is 19.8 Å². The van der Waals surface area contributed by atoms with Gasteiger partial charge in [0.25, 0.3) is 5.91 Å². The molecule has 1 aliphatic carbocycles. The van der Waals surface area contributed by atoms with Crippen LogP contribution in [-0.2, 0) is 6.42 Å². The van der Waals surface area contributed by atoms with E-state index in [2.05, 4.69) is 51.3 Å². The van der Waals surface area contributed by atoms with Crippen LogP contribution in [0.15, 0.2) is 66.7 Å². The predicted molar refractivity (Wildman–Crippen MR) is 153 cm³/mol. The molecule has 0 heterocycles. The molecular formula is C31H37NO4Si. The molecule has 0 aliphatic heterocycles.